The molecular formula is C10H12N2O3. The van der Waals surface area contributed by atoms with E-state index < -0.39 is 0 Å². The molecule has 0 aromatic carbocycles. The van der Waals surface area contributed by atoms with Gasteiger partial charge >= 0.3 is 0 Å². The second-order valence-electron chi connectivity index (χ2n) is 3.70. The molecule has 1 aliphatic rings. The first-order valence-electron chi connectivity index (χ1n) is 4.91. The van der Waals surface area contributed by atoms with Crippen LogP contribution in [-0.2, 0) is 4.79 Å². The maximum atomic E-state index is 11.8. The number of carbonyl (C=O) groups is 2. The fourth-order valence-electron chi connectivity index (χ4n) is 1.63. The molecule has 1 aromatic rings. The van der Waals surface area contributed by atoms with Crippen LogP contribution in [0.5, 0.6) is 0 Å². The lowest BCUT2D eigenvalue weighted by Crippen LogP contribution is -2.39. The largest absolute Gasteiger partial charge is 0.351 e. The van der Waals surface area contributed by atoms with E-state index >= 15 is 0 Å². The molecule has 0 N–H and O–H groups in total. The fourth-order valence-corrected chi connectivity index (χ4v) is 1.63. The van der Waals surface area contributed by atoms with Crippen LogP contribution >= 0.6 is 0 Å². The summed E-state index contributed by atoms with van der Waals surface area (Å²) in [5, 5.41) is 3.64. The normalized spacial score (nSPS) is 16.9. The van der Waals surface area contributed by atoms with E-state index in [1.165, 1.54) is 4.90 Å². The van der Waals surface area contributed by atoms with Crippen LogP contribution in [0.4, 0.5) is 0 Å². The van der Waals surface area contributed by atoms with Gasteiger partial charge in [-0.1, -0.05) is 5.16 Å². The number of Topliss-reactive ketones (excluding diaryl/α,β-unsaturated/α-hetero) is 1. The third-order valence-corrected chi connectivity index (χ3v) is 2.38. The van der Waals surface area contributed by atoms with Gasteiger partial charge in [0.05, 0.1) is 12.2 Å². The van der Waals surface area contributed by atoms with Crippen molar-refractivity contribution in [2.45, 2.75) is 19.8 Å². The van der Waals surface area contributed by atoms with Crippen molar-refractivity contribution in [1.29, 1.82) is 0 Å². The van der Waals surface area contributed by atoms with Gasteiger partial charge in [-0.2, -0.15) is 0 Å². The van der Waals surface area contributed by atoms with Crippen LogP contribution in [0.3, 0.4) is 0 Å². The molecule has 1 saturated heterocycles. The minimum Gasteiger partial charge on any atom is -0.351 e. The van der Waals surface area contributed by atoms with Crippen molar-refractivity contribution in [2.24, 2.45) is 0 Å². The molecular weight excluding hydrogens is 196 g/mol. The van der Waals surface area contributed by atoms with E-state index in [9.17, 15) is 9.59 Å². The molecule has 1 aromatic heterocycles. The zero-order chi connectivity index (χ0) is 10.8. The fraction of sp³-hybridized carbons (Fsp3) is 0.500. The zero-order valence-corrected chi connectivity index (χ0v) is 8.52. The Morgan fingerprint density at radius 3 is 3.00 bits per heavy atom. The molecule has 0 atom stereocenters. The van der Waals surface area contributed by atoms with Gasteiger partial charge in [0.2, 0.25) is 5.76 Å². The second-order valence-corrected chi connectivity index (χ2v) is 3.70. The number of piperidine rings is 1. The average Bonchev–Trinajstić information content (AvgIpc) is 2.64. The van der Waals surface area contributed by atoms with Crippen molar-refractivity contribution in [3.8, 4) is 0 Å². The predicted molar refractivity (Wildman–Crippen MR) is 51.4 cm³/mol. The molecule has 1 aliphatic heterocycles. The average molecular weight is 208 g/mol. The van der Waals surface area contributed by atoms with Gasteiger partial charge in [0.1, 0.15) is 0 Å². The summed E-state index contributed by atoms with van der Waals surface area (Å²) in [5.74, 6) is 0.0664. The number of amides is 1. The first-order chi connectivity index (χ1) is 7.16. The van der Waals surface area contributed by atoms with Crippen LogP contribution in [0.2, 0.25) is 0 Å². The third kappa shape index (κ3) is 2.06. The molecule has 0 aliphatic carbocycles. The van der Waals surface area contributed by atoms with E-state index in [4.69, 9.17) is 4.52 Å². The lowest BCUT2D eigenvalue weighted by Gasteiger charge is -2.24. The number of aromatic nitrogens is 1. The zero-order valence-electron chi connectivity index (χ0n) is 8.52. The second kappa shape index (κ2) is 3.84. The molecule has 0 unspecified atom stereocenters. The number of rotatable bonds is 1. The molecule has 80 valence electrons. The summed E-state index contributed by atoms with van der Waals surface area (Å²) in [6, 6.07) is 1.58. The Kier molecular flexibility index (Phi) is 2.53. The van der Waals surface area contributed by atoms with Gasteiger partial charge in [-0.25, -0.2) is 0 Å². The van der Waals surface area contributed by atoms with E-state index in [0.29, 0.717) is 18.7 Å². The van der Waals surface area contributed by atoms with E-state index in [0.717, 1.165) is 6.42 Å². The lowest BCUT2D eigenvalue weighted by atomic mass is 10.1. The van der Waals surface area contributed by atoms with Gasteiger partial charge in [0, 0.05) is 19.0 Å². The first-order valence-corrected chi connectivity index (χ1v) is 4.91. The highest BCUT2D eigenvalue weighted by Crippen LogP contribution is 2.11. The Bertz CT molecular complexity index is 397. The van der Waals surface area contributed by atoms with Crippen LogP contribution in [0.1, 0.15) is 29.1 Å². The minimum atomic E-state index is -0.247. The van der Waals surface area contributed by atoms with E-state index in [2.05, 4.69) is 5.16 Å². The van der Waals surface area contributed by atoms with Gasteiger partial charge in [0.15, 0.2) is 5.78 Å². The molecule has 1 fully saturated rings. The van der Waals surface area contributed by atoms with Crippen molar-refractivity contribution >= 4 is 11.7 Å². The quantitative estimate of drug-likeness (QED) is 0.684. The van der Waals surface area contributed by atoms with Crippen molar-refractivity contribution in [1.82, 2.24) is 10.1 Å². The molecule has 2 heterocycles. The van der Waals surface area contributed by atoms with Gasteiger partial charge in [-0.3, -0.25) is 9.59 Å². The highest BCUT2D eigenvalue weighted by Gasteiger charge is 2.24. The van der Waals surface area contributed by atoms with E-state index in [1.807, 2.05) is 0 Å². The summed E-state index contributed by atoms with van der Waals surface area (Å²) in [7, 11) is 0. The predicted octanol–water partition coefficient (Wildman–Crippen LogP) is 0.788. The number of nitrogens with zero attached hydrogens (tertiary/aromatic N) is 2. The van der Waals surface area contributed by atoms with Crippen LogP contribution in [0.15, 0.2) is 10.6 Å². The summed E-state index contributed by atoms with van der Waals surface area (Å²) >= 11 is 0. The number of aryl methyl sites for hydroxylation is 1. The van der Waals surface area contributed by atoms with Gasteiger partial charge in [-0.15, -0.1) is 0 Å². The van der Waals surface area contributed by atoms with Crippen molar-refractivity contribution < 1.29 is 14.1 Å². The topological polar surface area (TPSA) is 63.4 Å². The monoisotopic (exact) mass is 208 g/mol. The smallest absolute Gasteiger partial charge is 0.292 e. The summed E-state index contributed by atoms with van der Waals surface area (Å²) in [6.45, 7) is 2.56. The van der Waals surface area contributed by atoms with Crippen molar-refractivity contribution in [3.63, 3.8) is 0 Å². The Morgan fingerprint density at radius 1 is 1.60 bits per heavy atom. The molecule has 5 nitrogen and oxygen atoms in total. The van der Waals surface area contributed by atoms with Crippen LogP contribution in [0, 0.1) is 6.92 Å². The van der Waals surface area contributed by atoms with Gasteiger partial charge in [0.25, 0.3) is 5.91 Å². The lowest BCUT2D eigenvalue weighted by molar-refractivity contribution is -0.121. The molecule has 5 heteroatoms. The summed E-state index contributed by atoms with van der Waals surface area (Å²) in [6.07, 6.45) is 1.30. The standard InChI is InChI=1S/C10H12N2O3/c1-7-5-9(15-11-7)10(14)12-4-2-3-8(13)6-12/h5H,2-4,6H2,1H3. The maximum Gasteiger partial charge on any atom is 0.292 e. The molecule has 0 bridgehead atoms. The Labute approximate surface area is 87.0 Å². The Hall–Kier alpha value is -1.65. The summed E-state index contributed by atoms with van der Waals surface area (Å²) in [5.41, 5.74) is 0.668. The van der Waals surface area contributed by atoms with Gasteiger partial charge < -0.3 is 9.42 Å². The third-order valence-electron chi connectivity index (χ3n) is 2.38. The molecule has 2 rings (SSSR count). The Morgan fingerprint density at radius 2 is 2.40 bits per heavy atom. The number of carbonyl (C=O) groups excluding carboxylic acids is 2. The minimum absolute atomic E-state index is 0.103. The van der Waals surface area contributed by atoms with Crippen LogP contribution < -0.4 is 0 Å². The molecule has 0 spiro atoms. The molecule has 1 amide bonds. The molecule has 0 radical (unpaired) electrons. The summed E-state index contributed by atoms with van der Waals surface area (Å²) in [4.78, 5) is 24.5. The van der Waals surface area contributed by atoms with E-state index in [1.54, 1.807) is 13.0 Å². The highest BCUT2D eigenvalue weighted by atomic mass is 16.5. The highest BCUT2D eigenvalue weighted by molar-refractivity contribution is 5.95. The molecule has 0 saturated carbocycles. The molecule has 15 heavy (non-hydrogen) atoms. The van der Waals surface area contributed by atoms with Crippen molar-refractivity contribution in [3.05, 3.63) is 17.5 Å². The van der Waals surface area contributed by atoms with E-state index in [-0.39, 0.29) is 24.0 Å². The summed E-state index contributed by atoms with van der Waals surface area (Å²) < 4.78 is 4.86. The number of likely N-dealkylation sites (tertiary alicyclic amines) is 1. The first kappa shape index (κ1) is 9.89. The number of hydrogen-bond donors (Lipinski definition) is 0. The maximum absolute atomic E-state index is 11.8. The number of hydrogen-bond acceptors (Lipinski definition) is 4. The van der Waals surface area contributed by atoms with Crippen molar-refractivity contribution in [2.75, 3.05) is 13.1 Å². The van der Waals surface area contributed by atoms with Crippen LogP contribution in [-0.4, -0.2) is 34.8 Å². The number of ketones is 1. The Balaban J connectivity index is 2.10. The van der Waals surface area contributed by atoms with Crippen LogP contribution in [0.25, 0.3) is 0 Å². The SMILES string of the molecule is Cc1cc(C(=O)N2CCCC(=O)C2)on1. The van der Waals surface area contributed by atoms with Gasteiger partial charge in [-0.05, 0) is 13.3 Å².